The number of halogens is 1. The van der Waals surface area contributed by atoms with Gasteiger partial charge in [-0.25, -0.2) is 0 Å². The predicted molar refractivity (Wildman–Crippen MR) is 56.6 cm³/mol. The van der Waals surface area contributed by atoms with Gasteiger partial charge in [-0.05, 0) is 30.2 Å². The third-order valence-electron chi connectivity index (χ3n) is 1.97. The van der Waals surface area contributed by atoms with Gasteiger partial charge in [0.25, 0.3) is 0 Å². The van der Waals surface area contributed by atoms with Gasteiger partial charge in [-0.1, -0.05) is 11.6 Å². The van der Waals surface area contributed by atoms with Crippen molar-refractivity contribution in [2.24, 2.45) is 0 Å². The van der Waals surface area contributed by atoms with Gasteiger partial charge in [0, 0.05) is 11.6 Å². The highest BCUT2D eigenvalue weighted by atomic mass is 35.5. The molecule has 4 heteroatoms. The van der Waals surface area contributed by atoms with E-state index < -0.39 is 0 Å². The Bertz CT molecular complexity index is 315. The van der Waals surface area contributed by atoms with Crippen LogP contribution in [-0.2, 0) is 11.4 Å². The van der Waals surface area contributed by atoms with Gasteiger partial charge in [0.1, 0.15) is 5.75 Å². The molecule has 0 heterocycles. The zero-order valence-corrected chi connectivity index (χ0v) is 9.31. The van der Waals surface area contributed by atoms with Gasteiger partial charge in [-0.2, -0.15) is 5.48 Å². The zero-order chi connectivity index (χ0) is 10.6. The summed E-state index contributed by atoms with van der Waals surface area (Å²) in [6, 6.07) is 3.79. The number of methoxy groups -OCH3 is 1. The van der Waals surface area contributed by atoms with Crippen molar-refractivity contribution in [1.29, 1.82) is 0 Å². The first-order valence-electron chi connectivity index (χ1n) is 4.28. The maximum absolute atomic E-state index is 6.04. The molecule has 0 spiro atoms. The second-order valence-electron chi connectivity index (χ2n) is 2.94. The molecule has 0 bridgehead atoms. The van der Waals surface area contributed by atoms with Crippen LogP contribution in [0.1, 0.15) is 11.1 Å². The molecule has 0 atom stereocenters. The minimum Gasteiger partial charge on any atom is -0.496 e. The van der Waals surface area contributed by atoms with Crippen molar-refractivity contribution in [2.75, 3.05) is 14.2 Å². The first-order valence-corrected chi connectivity index (χ1v) is 4.65. The van der Waals surface area contributed by atoms with Crippen LogP contribution >= 0.6 is 11.6 Å². The number of hydrogen-bond donors (Lipinski definition) is 1. The molecular weight excluding hydrogens is 202 g/mol. The van der Waals surface area contributed by atoms with Crippen molar-refractivity contribution in [3.8, 4) is 5.75 Å². The molecule has 0 saturated carbocycles. The maximum Gasteiger partial charge on any atom is 0.122 e. The van der Waals surface area contributed by atoms with Crippen LogP contribution < -0.4 is 10.2 Å². The van der Waals surface area contributed by atoms with Gasteiger partial charge in [0.2, 0.25) is 0 Å². The molecule has 0 saturated heterocycles. The molecule has 0 aliphatic rings. The topological polar surface area (TPSA) is 30.5 Å². The lowest BCUT2D eigenvalue weighted by Gasteiger charge is -2.10. The normalized spacial score (nSPS) is 10.3. The Hall–Kier alpha value is -0.770. The van der Waals surface area contributed by atoms with E-state index in [1.807, 2.05) is 19.1 Å². The molecule has 1 rings (SSSR count). The number of benzene rings is 1. The summed E-state index contributed by atoms with van der Waals surface area (Å²) in [6.45, 7) is 2.52. The van der Waals surface area contributed by atoms with Crippen LogP contribution in [0, 0.1) is 6.92 Å². The second-order valence-corrected chi connectivity index (χ2v) is 3.35. The molecule has 1 aromatic carbocycles. The molecule has 14 heavy (non-hydrogen) atoms. The highest BCUT2D eigenvalue weighted by Gasteiger charge is 2.05. The van der Waals surface area contributed by atoms with Crippen LogP contribution in [0.2, 0.25) is 5.02 Å². The van der Waals surface area contributed by atoms with E-state index in [1.165, 1.54) is 0 Å². The maximum atomic E-state index is 6.04. The van der Waals surface area contributed by atoms with Crippen molar-refractivity contribution in [3.05, 3.63) is 28.3 Å². The Kier molecular flexibility index (Phi) is 4.20. The van der Waals surface area contributed by atoms with Crippen LogP contribution in [0.3, 0.4) is 0 Å². The van der Waals surface area contributed by atoms with Crippen molar-refractivity contribution >= 4 is 11.6 Å². The summed E-state index contributed by atoms with van der Waals surface area (Å²) in [5, 5.41) is 0.716. The fraction of sp³-hybridized carbons (Fsp3) is 0.400. The van der Waals surface area contributed by atoms with Crippen molar-refractivity contribution in [1.82, 2.24) is 5.48 Å². The lowest BCUT2D eigenvalue weighted by atomic mass is 10.1. The van der Waals surface area contributed by atoms with E-state index in [-0.39, 0.29) is 0 Å². The lowest BCUT2D eigenvalue weighted by Crippen LogP contribution is -2.11. The molecule has 0 aromatic heterocycles. The Labute approximate surface area is 88.9 Å². The van der Waals surface area contributed by atoms with Crippen LogP contribution in [0.4, 0.5) is 0 Å². The van der Waals surface area contributed by atoms with E-state index in [4.69, 9.17) is 21.2 Å². The fourth-order valence-electron chi connectivity index (χ4n) is 1.20. The molecule has 3 nitrogen and oxygen atoms in total. The molecular formula is C10H14ClNO2. The van der Waals surface area contributed by atoms with Crippen molar-refractivity contribution in [2.45, 2.75) is 13.5 Å². The van der Waals surface area contributed by atoms with E-state index >= 15 is 0 Å². The zero-order valence-electron chi connectivity index (χ0n) is 8.56. The SMILES string of the molecule is CONCc1cc(OC)c(C)cc1Cl. The monoisotopic (exact) mass is 215 g/mol. The summed E-state index contributed by atoms with van der Waals surface area (Å²) in [4.78, 5) is 4.76. The van der Waals surface area contributed by atoms with Gasteiger partial charge in [0.15, 0.2) is 0 Å². The van der Waals surface area contributed by atoms with Gasteiger partial charge >= 0.3 is 0 Å². The van der Waals surface area contributed by atoms with E-state index in [1.54, 1.807) is 14.2 Å². The summed E-state index contributed by atoms with van der Waals surface area (Å²) in [5.74, 6) is 0.835. The molecule has 0 aliphatic heterocycles. The average Bonchev–Trinajstić information content (AvgIpc) is 2.17. The molecule has 1 aromatic rings. The molecule has 0 radical (unpaired) electrons. The fourth-order valence-corrected chi connectivity index (χ4v) is 1.49. The summed E-state index contributed by atoms with van der Waals surface area (Å²) < 4.78 is 5.19. The Balaban J connectivity index is 2.92. The highest BCUT2D eigenvalue weighted by Crippen LogP contribution is 2.26. The van der Waals surface area contributed by atoms with Gasteiger partial charge in [0.05, 0.1) is 14.2 Å². The van der Waals surface area contributed by atoms with Crippen LogP contribution in [0.15, 0.2) is 12.1 Å². The number of hydroxylamine groups is 1. The van der Waals surface area contributed by atoms with Crippen LogP contribution in [0.25, 0.3) is 0 Å². The Morgan fingerprint density at radius 2 is 2.07 bits per heavy atom. The first kappa shape index (κ1) is 11.3. The standard InChI is InChI=1S/C10H14ClNO2/c1-7-4-9(11)8(6-12-14-3)5-10(7)13-2/h4-5,12H,6H2,1-3H3. The summed E-state index contributed by atoms with van der Waals surface area (Å²) in [7, 11) is 3.21. The molecule has 0 unspecified atom stereocenters. The van der Waals surface area contributed by atoms with Crippen molar-refractivity contribution in [3.63, 3.8) is 0 Å². The number of hydrogen-bond acceptors (Lipinski definition) is 3. The molecule has 0 amide bonds. The van der Waals surface area contributed by atoms with E-state index in [0.717, 1.165) is 16.9 Å². The number of ether oxygens (including phenoxy) is 1. The highest BCUT2D eigenvalue weighted by molar-refractivity contribution is 6.31. The predicted octanol–water partition coefficient (Wildman–Crippen LogP) is 2.31. The smallest absolute Gasteiger partial charge is 0.122 e. The summed E-state index contributed by atoms with van der Waals surface area (Å²) in [5.41, 5.74) is 4.72. The Morgan fingerprint density at radius 1 is 1.36 bits per heavy atom. The third-order valence-corrected chi connectivity index (χ3v) is 2.32. The average molecular weight is 216 g/mol. The van der Waals surface area contributed by atoms with Crippen LogP contribution in [0.5, 0.6) is 5.75 Å². The lowest BCUT2D eigenvalue weighted by molar-refractivity contribution is 0.0867. The number of nitrogens with one attached hydrogen (secondary N) is 1. The van der Waals surface area contributed by atoms with Crippen LogP contribution in [-0.4, -0.2) is 14.2 Å². The quantitative estimate of drug-likeness (QED) is 0.782. The van der Waals surface area contributed by atoms with E-state index in [9.17, 15) is 0 Å². The first-order chi connectivity index (χ1) is 6.69. The second kappa shape index (κ2) is 5.20. The third kappa shape index (κ3) is 2.61. The molecule has 0 fully saturated rings. The number of aryl methyl sites for hydroxylation is 1. The molecule has 78 valence electrons. The van der Waals surface area contributed by atoms with E-state index in [0.29, 0.717) is 11.6 Å². The van der Waals surface area contributed by atoms with Gasteiger partial charge in [-0.3, -0.25) is 0 Å². The number of rotatable bonds is 4. The largest absolute Gasteiger partial charge is 0.496 e. The minimum atomic E-state index is 0.561. The summed E-state index contributed by atoms with van der Waals surface area (Å²) >= 11 is 6.04. The van der Waals surface area contributed by atoms with Gasteiger partial charge in [-0.15, -0.1) is 0 Å². The van der Waals surface area contributed by atoms with Gasteiger partial charge < -0.3 is 9.57 Å². The molecule has 1 N–H and O–H groups in total. The minimum absolute atomic E-state index is 0.561. The van der Waals surface area contributed by atoms with E-state index in [2.05, 4.69) is 5.48 Å². The Morgan fingerprint density at radius 3 is 2.64 bits per heavy atom. The summed E-state index contributed by atoms with van der Waals surface area (Å²) in [6.07, 6.45) is 0. The molecule has 0 aliphatic carbocycles. The van der Waals surface area contributed by atoms with Crippen molar-refractivity contribution < 1.29 is 9.57 Å².